The van der Waals surface area contributed by atoms with Gasteiger partial charge in [-0.15, -0.1) is 0 Å². The minimum atomic E-state index is -0.142. The number of fused-ring (bicyclic) bond motifs is 1. The highest BCUT2D eigenvalue weighted by molar-refractivity contribution is 5.94. The van der Waals surface area contributed by atoms with Crippen molar-refractivity contribution in [2.45, 2.75) is 13.0 Å². The zero-order valence-electron chi connectivity index (χ0n) is 17.6. The molecule has 1 aromatic heterocycles. The molecule has 7 heteroatoms. The molecule has 0 saturated carbocycles. The van der Waals surface area contributed by atoms with E-state index in [9.17, 15) is 4.79 Å². The monoisotopic (exact) mass is 402 g/mol. The summed E-state index contributed by atoms with van der Waals surface area (Å²) in [7, 11) is 5.83. The molecular formula is C23H26N6O. The molecular weight excluding hydrogens is 376 g/mol. The molecule has 0 aliphatic heterocycles. The molecule has 3 rings (SSSR count). The normalized spacial score (nSPS) is 10.8. The molecule has 0 radical (unpaired) electrons. The Balaban J connectivity index is 1.77. The highest BCUT2D eigenvalue weighted by atomic mass is 16.2. The Labute approximate surface area is 177 Å². The zero-order valence-corrected chi connectivity index (χ0v) is 17.6. The number of carbonyl (C=O) groups is 1. The molecule has 30 heavy (non-hydrogen) atoms. The Kier molecular flexibility index (Phi) is 6.94. The minimum absolute atomic E-state index is 0.142. The van der Waals surface area contributed by atoms with Crippen LogP contribution in [0.4, 0.5) is 5.82 Å². The van der Waals surface area contributed by atoms with E-state index in [1.807, 2.05) is 24.3 Å². The fourth-order valence-electron chi connectivity index (χ4n) is 3.12. The smallest absolute Gasteiger partial charge is 0.254 e. The zero-order chi connectivity index (χ0) is 21.5. The predicted octanol–water partition coefficient (Wildman–Crippen LogP) is 3.14. The summed E-state index contributed by atoms with van der Waals surface area (Å²) in [5, 5.41) is 13.3. The summed E-state index contributed by atoms with van der Waals surface area (Å²) in [4.78, 5) is 25.8. The first-order valence-corrected chi connectivity index (χ1v) is 9.88. The van der Waals surface area contributed by atoms with Crippen LogP contribution >= 0.6 is 0 Å². The van der Waals surface area contributed by atoms with Gasteiger partial charge in [-0.05, 0) is 63.5 Å². The molecule has 2 aromatic carbocycles. The molecule has 1 amide bonds. The Morgan fingerprint density at radius 3 is 2.50 bits per heavy atom. The van der Waals surface area contributed by atoms with Gasteiger partial charge in [-0.2, -0.15) is 5.26 Å². The van der Waals surface area contributed by atoms with E-state index >= 15 is 0 Å². The fourth-order valence-corrected chi connectivity index (χ4v) is 3.12. The summed E-state index contributed by atoms with van der Waals surface area (Å²) in [6.07, 6.45) is 0.998. The number of nitrogens with zero attached hydrogens (tertiary/aromatic N) is 5. The SMILES string of the molecule is CN(C)CCCNc1nc(CN(C)C(=O)c2ccc(C#N)cc2)nc2ccccc12. The summed E-state index contributed by atoms with van der Waals surface area (Å²) in [5.41, 5.74) is 1.90. The van der Waals surface area contributed by atoms with Crippen molar-refractivity contribution < 1.29 is 4.79 Å². The second kappa shape index (κ2) is 9.81. The summed E-state index contributed by atoms with van der Waals surface area (Å²) in [6, 6.07) is 16.5. The molecule has 1 N–H and O–H groups in total. The number of hydrogen-bond donors (Lipinski definition) is 1. The van der Waals surface area contributed by atoms with E-state index in [1.54, 1.807) is 36.2 Å². The number of amides is 1. The second-order valence-electron chi connectivity index (χ2n) is 7.44. The quantitative estimate of drug-likeness (QED) is 0.583. The molecule has 0 fully saturated rings. The van der Waals surface area contributed by atoms with Gasteiger partial charge in [-0.1, -0.05) is 12.1 Å². The molecule has 3 aromatic rings. The first kappa shape index (κ1) is 21.2. The van der Waals surface area contributed by atoms with Gasteiger partial charge in [-0.3, -0.25) is 4.79 Å². The van der Waals surface area contributed by atoms with Crippen LogP contribution in [0.15, 0.2) is 48.5 Å². The van der Waals surface area contributed by atoms with Gasteiger partial charge in [0.25, 0.3) is 5.91 Å². The van der Waals surface area contributed by atoms with Crippen LogP contribution < -0.4 is 5.32 Å². The summed E-state index contributed by atoms with van der Waals surface area (Å²) < 4.78 is 0. The van der Waals surface area contributed by atoms with Crippen LogP contribution in [-0.2, 0) is 6.54 Å². The maximum Gasteiger partial charge on any atom is 0.254 e. The van der Waals surface area contributed by atoms with Gasteiger partial charge in [0.1, 0.15) is 5.82 Å². The number of nitriles is 1. The van der Waals surface area contributed by atoms with Gasteiger partial charge < -0.3 is 15.1 Å². The molecule has 0 saturated heterocycles. The molecule has 0 atom stereocenters. The van der Waals surface area contributed by atoms with Gasteiger partial charge in [0.15, 0.2) is 5.82 Å². The van der Waals surface area contributed by atoms with Crippen molar-refractivity contribution in [3.05, 3.63) is 65.5 Å². The number of carbonyl (C=O) groups excluding carboxylic acids is 1. The Bertz CT molecular complexity index is 1060. The second-order valence-corrected chi connectivity index (χ2v) is 7.44. The maximum absolute atomic E-state index is 12.7. The van der Waals surface area contributed by atoms with E-state index in [2.05, 4.69) is 40.3 Å². The van der Waals surface area contributed by atoms with Gasteiger partial charge >= 0.3 is 0 Å². The lowest BCUT2D eigenvalue weighted by atomic mass is 10.1. The average Bonchev–Trinajstić information content (AvgIpc) is 2.76. The standard InChI is InChI=1S/C23H26N6O/c1-28(2)14-6-13-25-22-19-7-4-5-8-20(19)26-21(27-22)16-29(3)23(30)18-11-9-17(15-24)10-12-18/h4-5,7-12H,6,13-14,16H2,1-3H3,(H,25,26,27). The number of para-hydroxylation sites is 1. The van der Waals surface area contributed by atoms with Crippen LogP contribution in [0, 0.1) is 11.3 Å². The van der Waals surface area contributed by atoms with Crippen molar-refractivity contribution in [1.29, 1.82) is 5.26 Å². The number of hydrogen-bond acceptors (Lipinski definition) is 6. The van der Waals surface area contributed by atoms with Crippen molar-refractivity contribution >= 4 is 22.6 Å². The highest BCUT2D eigenvalue weighted by Crippen LogP contribution is 2.21. The molecule has 0 bridgehead atoms. The molecule has 154 valence electrons. The summed E-state index contributed by atoms with van der Waals surface area (Å²) >= 11 is 0. The van der Waals surface area contributed by atoms with Gasteiger partial charge in [0.2, 0.25) is 0 Å². The van der Waals surface area contributed by atoms with E-state index < -0.39 is 0 Å². The maximum atomic E-state index is 12.7. The number of aromatic nitrogens is 2. The van der Waals surface area contributed by atoms with E-state index in [-0.39, 0.29) is 12.5 Å². The predicted molar refractivity (Wildman–Crippen MR) is 118 cm³/mol. The number of benzene rings is 2. The van der Waals surface area contributed by atoms with E-state index in [4.69, 9.17) is 5.26 Å². The number of rotatable bonds is 8. The lowest BCUT2D eigenvalue weighted by Gasteiger charge is -2.18. The minimum Gasteiger partial charge on any atom is -0.369 e. The molecule has 1 heterocycles. The van der Waals surface area contributed by atoms with E-state index in [1.165, 1.54) is 0 Å². The lowest BCUT2D eigenvalue weighted by Crippen LogP contribution is -2.27. The Morgan fingerprint density at radius 1 is 1.07 bits per heavy atom. The van der Waals surface area contributed by atoms with E-state index in [0.29, 0.717) is 17.0 Å². The Hall–Kier alpha value is -3.50. The largest absolute Gasteiger partial charge is 0.369 e. The van der Waals surface area contributed by atoms with Crippen LogP contribution in [0.2, 0.25) is 0 Å². The third-order valence-electron chi connectivity index (χ3n) is 4.71. The first-order valence-electron chi connectivity index (χ1n) is 9.88. The van der Waals surface area contributed by atoms with Crippen molar-refractivity contribution in [3.63, 3.8) is 0 Å². The topological polar surface area (TPSA) is 85.1 Å². The van der Waals surface area contributed by atoms with Crippen LogP contribution in [0.3, 0.4) is 0 Å². The molecule has 0 aliphatic rings. The van der Waals surface area contributed by atoms with Crippen molar-refractivity contribution in [2.75, 3.05) is 39.5 Å². The van der Waals surface area contributed by atoms with Crippen LogP contribution in [0.5, 0.6) is 0 Å². The van der Waals surface area contributed by atoms with Crippen LogP contribution in [0.25, 0.3) is 10.9 Å². The fraction of sp³-hybridized carbons (Fsp3) is 0.304. The van der Waals surface area contributed by atoms with Crippen LogP contribution in [-0.4, -0.2) is 59.9 Å². The van der Waals surface area contributed by atoms with Crippen LogP contribution in [0.1, 0.15) is 28.2 Å². The van der Waals surface area contributed by atoms with Gasteiger partial charge in [-0.25, -0.2) is 9.97 Å². The third-order valence-corrected chi connectivity index (χ3v) is 4.71. The Morgan fingerprint density at radius 2 is 1.80 bits per heavy atom. The highest BCUT2D eigenvalue weighted by Gasteiger charge is 2.15. The summed E-state index contributed by atoms with van der Waals surface area (Å²) in [5.74, 6) is 1.22. The molecule has 0 unspecified atom stereocenters. The summed E-state index contributed by atoms with van der Waals surface area (Å²) in [6.45, 7) is 2.08. The molecule has 0 spiro atoms. The molecule has 7 nitrogen and oxygen atoms in total. The lowest BCUT2D eigenvalue weighted by molar-refractivity contribution is 0.0781. The third kappa shape index (κ3) is 5.31. The van der Waals surface area contributed by atoms with E-state index in [0.717, 1.165) is 36.2 Å². The van der Waals surface area contributed by atoms with Crippen molar-refractivity contribution in [1.82, 2.24) is 19.8 Å². The number of nitrogens with one attached hydrogen (secondary N) is 1. The van der Waals surface area contributed by atoms with Crippen molar-refractivity contribution in [3.8, 4) is 6.07 Å². The van der Waals surface area contributed by atoms with Gasteiger partial charge in [0, 0.05) is 24.5 Å². The average molecular weight is 403 g/mol. The van der Waals surface area contributed by atoms with Gasteiger partial charge in [0.05, 0.1) is 23.7 Å². The van der Waals surface area contributed by atoms with Crippen molar-refractivity contribution in [2.24, 2.45) is 0 Å². The first-order chi connectivity index (χ1) is 14.5. The molecule has 0 aliphatic carbocycles. The number of anilines is 1.